The smallest absolute Gasteiger partial charge is 0.237 e. The van der Waals surface area contributed by atoms with E-state index in [2.05, 4.69) is 43.4 Å². The molecule has 1 aliphatic heterocycles. The van der Waals surface area contributed by atoms with Crippen LogP contribution in [0, 0.1) is 16.7 Å². The first-order chi connectivity index (χ1) is 17.4. The second kappa shape index (κ2) is 9.35. The lowest BCUT2D eigenvalue weighted by Crippen LogP contribution is -2.57. The number of nitrogens with two attached hydrogens (primary N) is 2. The quantitative estimate of drug-likeness (QED) is 0.473. The summed E-state index contributed by atoms with van der Waals surface area (Å²) in [6, 6.07) is 7.54. The van der Waals surface area contributed by atoms with Crippen LogP contribution in [0.1, 0.15) is 76.3 Å². The molecule has 9 heteroatoms. The fraction of sp³-hybridized carbons (Fsp3) is 0.714. The van der Waals surface area contributed by atoms with Gasteiger partial charge in [0.15, 0.2) is 0 Å². The minimum absolute atomic E-state index is 0.0494. The summed E-state index contributed by atoms with van der Waals surface area (Å²) in [6.07, 6.45) is 6.63. The van der Waals surface area contributed by atoms with Crippen LogP contribution in [0.4, 0.5) is 0 Å². The molecule has 204 valence electrons. The van der Waals surface area contributed by atoms with E-state index in [0.29, 0.717) is 19.0 Å². The van der Waals surface area contributed by atoms with Crippen LogP contribution in [0.2, 0.25) is 0 Å². The van der Waals surface area contributed by atoms with Gasteiger partial charge >= 0.3 is 0 Å². The minimum Gasteiger partial charge on any atom is -0.370 e. The molecule has 1 heterocycles. The third-order valence-electron chi connectivity index (χ3n) is 10.8. The zero-order valence-corrected chi connectivity index (χ0v) is 23.0. The van der Waals surface area contributed by atoms with Crippen molar-refractivity contribution in [3.05, 3.63) is 35.4 Å². The molecule has 3 aliphatic carbocycles. The van der Waals surface area contributed by atoms with Crippen molar-refractivity contribution >= 4 is 21.8 Å². The molecule has 1 unspecified atom stereocenters. The van der Waals surface area contributed by atoms with E-state index in [1.807, 2.05) is 0 Å². The number of fused-ring (bicyclic) bond motifs is 4. The highest BCUT2D eigenvalue weighted by molar-refractivity contribution is 7.89. The Hall–Kier alpha value is -1.97. The predicted molar refractivity (Wildman–Crippen MR) is 143 cm³/mol. The maximum Gasteiger partial charge on any atom is 0.237 e. The number of aryl methyl sites for hydroxylation is 1. The summed E-state index contributed by atoms with van der Waals surface area (Å²) in [5.74, 6) is -0.411. The average molecular weight is 531 g/mol. The molecule has 37 heavy (non-hydrogen) atoms. The number of carbonyl (C=O) groups is 2. The van der Waals surface area contributed by atoms with Gasteiger partial charge in [0.1, 0.15) is 0 Å². The zero-order chi connectivity index (χ0) is 26.6. The molecule has 1 aromatic rings. The second-order valence-electron chi connectivity index (χ2n) is 12.6. The SMILES string of the molecule is CC1(C)C2CC[C@@]1(CS(=O)(=O)N1CCC3(CCc4ccccc43)CC1)[C@@H](NC(=O)[C@@H](N)CCC(N)=O)C2. The van der Waals surface area contributed by atoms with Crippen LogP contribution in [0.25, 0.3) is 0 Å². The zero-order valence-electron chi connectivity index (χ0n) is 22.2. The Morgan fingerprint density at radius 2 is 1.84 bits per heavy atom. The normalized spacial score (nSPS) is 30.8. The number of hydrogen-bond donors (Lipinski definition) is 3. The van der Waals surface area contributed by atoms with E-state index in [1.54, 1.807) is 4.31 Å². The fourth-order valence-corrected chi connectivity index (χ4v) is 10.5. The molecule has 8 nitrogen and oxygen atoms in total. The van der Waals surface area contributed by atoms with Gasteiger partial charge in [-0.25, -0.2) is 12.7 Å². The highest BCUT2D eigenvalue weighted by Crippen LogP contribution is 2.66. The molecule has 3 fully saturated rings. The van der Waals surface area contributed by atoms with Gasteiger partial charge in [0.05, 0.1) is 11.8 Å². The van der Waals surface area contributed by atoms with Crippen LogP contribution < -0.4 is 16.8 Å². The number of amides is 2. The van der Waals surface area contributed by atoms with Crippen molar-refractivity contribution < 1.29 is 18.0 Å². The summed E-state index contributed by atoms with van der Waals surface area (Å²) in [5.41, 5.74) is 13.4. The highest BCUT2D eigenvalue weighted by atomic mass is 32.2. The molecule has 2 bridgehead atoms. The van der Waals surface area contributed by atoms with Crippen molar-refractivity contribution in [1.29, 1.82) is 0 Å². The second-order valence-corrected chi connectivity index (χ2v) is 14.6. The first-order valence-corrected chi connectivity index (χ1v) is 15.4. The van der Waals surface area contributed by atoms with Gasteiger partial charge in [-0.3, -0.25) is 9.59 Å². The van der Waals surface area contributed by atoms with Crippen LogP contribution in [0.15, 0.2) is 24.3 Å². The van der Waals surface area contributed by atoms with Crippen LogP contribution in [-0.2, 0) is 31.4 Å². The summed E-state index contributed by atoms with van der Waals surface area (Å²) in [5, 5.41) is 3.11. The molecule has 1 spiro atoms. The third kappa shape index (κ3) is 4.40. The standard InChI is InChI=1S/C28H42N4O4S/c1-26(2)20-10-12-28(26,23(17-20)31-25(34)22(29)7-8-24(30)33)18-37(35,36)32-15-13-27(14-16-32)11-9-19-5-3-4-6-21(19)27/h3-6,20,22-23H,7-18,29H2,1-2H3,(H2,30,33)(H,31,34)/t20?,22-,23-,28+/m0/s1. The maximum atomic E-state index is 13.9. The number of piperidine rings is 1. The summed E-state index contributed by atoms with van der Waals surface area (Å²) in [6.45, 7) is 5.43. The Kier molecular flexibility index (Phi) is 6.73. The summed E-state index contributed by atoms with van der Waals surface area (Å²) >= 11 is 0. The van der Waals surface area contributed by atoms with Crippen molar-refractivity contribution in [3.8, 4) is 0 Å². The Morgan fingerprint density at radius 1 is 1.14 bits per heavy atom. The lowest BCUT2D eigenvalue weighted by molar-refractivity contribution is -0.124. The van der Waals surface area contributed by atoms with E-state index in [0.717, 1.165) is 44.9 Å². The lowest BCUT2D eigenvalue weighted by atomic mass is 9.69. The van der Waals surface area contributed by atoms with Crippen molar-refractivity contribution in [2.24, 2.45) is 28.2 Å². The predicted octanol–water partition coefficient (Wildman–Crippen LogP) is 2.20. The summed E-state index contributed by atoms with van der Waals surface area (Å²) < 4.78 is 29.6. The highest BCUT2D eigenvalue weighted by Gasteiger charge is 2.66. The molecule has 0 aromatic heterocycles. The van der Waals surface area contributed by atoms with E-state index < -0.39 is 27.4 Å². The Bertz CT molecular complexity index is 1170. The fourth-order valence-electron chi connectivity index (χ4n) is 8.22. The van der Waals surface area contributed by atoms with E-state index >= 15 is 0 Å². The topological polar surface area (TPSA) is 136 Å². The van der Waals surface area contributed by atoms with Crippen LogP contribution in [-0.4, -0.2) is 55.5 Å². The number of primary amides is 1. The number of nitrogens with zero attached hydrogens (tertiary/aromatic N) is 1. The van der Waals surface area contributed by atoms with Crippen molar-refractivity contribution in [2.75, 3.05) is 18.8 Å². The summed E-state index contributed by atoms with van der Waals surface area (Å²) in [7, 11) is -3.53. The lowest BCUT2D eigenvalue weighted by Gasteiger charge is -2.45. The number of nitrogens with one attached hydrogen (secondary N) is 1. The molecule has 1 aromatic carbocycles. The Balaban J connectivity index is 1.30. The Morgan fingerprint density at radius 3 is 2.51 bits per heavy atom. The van der Waals surface area contributed by atoms with Crippen molar-refractivity contribution in [1.82, 2.24) is 9.62 Å². The van der Waals surface area contributed by atoms with Gasteiger partial charge in [-0.2, -0.15) is 0 Å². The van der Waals surface area contributed by atoms with Gasteiger partial charge < -0.3 is 16.8 Å². The number of carbonyl (C=O) groups excluding carboxylic acids is 2. The maximum absolute atomic E-state index is 13.9. The minimum atomic E-state index is -3.53. The van der Waals surface area contributed by atoms with E-state index in [9.17, 15) is 18.0 Å². The first-order valence-electron chi connectivity index (χ1n) is 13.8. The van der Waals surface area contributed by atoms with Crippen LogP contribution in [0.5, 0.6) is 0 Å². The van der Waals surface area contributed by atoms with Gasteiger partial charge in [-0.15, -0.1) is 0 Å². The van der Waals surface area contributed by atoms with Gasteiger partial charge in [-0.1, -0.05) is 38.1 Å². The Labute approximate surface area is 221 Å². The van der Waals surface area contributed by atoms with Crippen molar-refractivity contribution in [3.63, 3.8) is 0 Å². The monoisotopic (exact) mass is 530 g/mol. The largest absolute Gasteiger partial charge is 0.370 e. The molecule has 2 saturated carbocycles. The van der Waals surface area contributed by atoms with Crippen LogP contribution in [0.3, 0.4) is 0 Å². The first kappa shape index (κ1) is 26.6. The number of hydrogen-bond acceptors (Lipinski definition) is 5. The number of sulfonamides is 1. The molecule has 0 radical (unpaired) electrons. The summed E-state index contributed by atoms with van der Waals surface area (Å²) in [4.78, 5) is 24.0. The number of rotatable bonds is 8. The average Bonchev–Trinajstić information content (AvgIpc) is 3.39. The number of benzene rings is 1. The molecular formula is C28H42N4O4S. The molecular weight excluding hydrogens is 488 g/mol. The van der Waals surface area contributed by atoms with E-state index in [1.165, 1.54) is 11.1 Å². The van der Waals surface area contributed by atoms with Gasteiger partial charge in [0.25, 0.3) is 0 Å². The molecule has 5 rings (SSSR count). The van der Waals surface area contributed by atoms with Crippen LogP contribution >= 0.6 is 0 Å². The third-order valence-corrected chi connectivity index (χ3v) is 12.8. The molecule has 4 aliphatic rings. The van der Waals surface area contributed by atoms with E-state index in [-0.39, 0.29) is 41.4 Å². The van der Waals surface area contributed by atoms with E-state index in [4.69, 9.17) is 11.5 Å². The molecule has 5 N–H and O–H groups in total. The molecule has 2 amide bonds. The van der Waals surface area contributed by atoms with Crippen molar-refractivity contribution in [2.45, 2.75) is 89.1 Å². The molecule has 4 atom stereocenters. The van der Waals surface area contributed by atoms with Gasteiger partial charge in [0, 0.05) is 31.0 Å². The van der Waals surface area contributed by atoms with Gasteiger partial charge in [0.2, 0.25) is 21.8 Å². The van der Waals surface area contributed by atoms with Gasteiger partial charge in [-0.05, 0) is 79.2 Å². The molecule has 1 saturated heterocycles.